The van der Waals surface area contributed by atoms with E-state index in [4.69, 9.17) is 0 Å². The summed E-state index contributed by atoms with van der Waals surface area (Å²) in [4.78, 5) is 18.9. The fraction of sp³-hybridized carbons (Fsp3) is 0.0714. The van der Waals surface area contributed by atoms with Crippen LogP contribution < -0.4 is 5.56 Å². The summed E-state index contributed by atoms with van der Waals surface area (Å²) in [5.41, 5.74) is 1.04. The van der Waals surface area contributed by atoms with Gasteiger partial charge in [0.15, 0.2) is 0 Å². The lowest BCUT2D eigenvalue weighted by molar-refractivity contribution is 0.454. The van der Waals surface area contributed by atoms with Crippen LogP contribution in [0.4, 0.5) is 0 Å². The van der Waals surface area contributed by atoms with E-state index < -0.39 is 0 Å². The summed E-state index contributed by atoms with van der Waals surface area (Å²) >= 11 is 0. The Hall–Kier alpha value is -2.89. The van der Waals surface area contributed by atoms with Gasteiger partial charge in [-0.25, -0.2) is 0 Å². The molecule has 1 aromatic carbocycles. The highest BCUT2D eigenvalue weighted by molar-refractivity contribution is 5.68. The molecule has 6 heteroatoms. The highest BCUT2D eigenvalue weighted by atomic mass is 16.3. The minimum Gasteiger partial charge on any atom is -0.493 e. The van der Waals surface area contributed by atoms with Gasteiger partial charge in [-0.1, -0.05) is 30.3 Å². The maximum atomic E-state index is 12.2. The van der Waals surface area contributed by atoms with E-state index in [2.05, 4.69) is 15.1 Å². The second-order valence-electron chi connectivity index (χ2n) is 4.38. The van der Waals surface area contributed by atoms with Crippen LogP contribution in [0.3, 0.4) is 0 Å². The summed E-state index contributed by atoms with van der Waals surface area (Å²) < 4.78 is 1.59. The molecule has 0 aliphatic carbocycles. The quantitative estimate of drug-likeness (QED) is 0.738. The Morgan fingerprint density at radius 3 is 2.55 bits per heavy atom. The first-order valence-electron chi connectivity index (χ1n) is 6.03. The normalized spacial score (nSPS) is 10.7. The molecule has 20 heavy (non-hydrogen) atoms. The zero-order valence-electron chi connectivity index (χ0n) is 10.7. The summed E-state index contributed by atoms with van der Waals surface area (Å²) in [6.07, 6.45) is 3.28. The van der Waals surface area contributed by atoms with E-state index in [1.54, 1.807) is 48.4 Å². The number of nitrogens with one attached hydrogen (secondary N) is 1. The first-order valence-corrected chi connectivity index (χ1v) is 6.03. The van der Waals surface area contributed by atoms with Crippen LogP contribution in [0.2, 0.25) is 0 Å². The fourth-order valence-corrected chi connectivity index (χ4v) is 2.01. The van der Waals surface area contributed by atoms with Gasteiger partial charge in [-0.3, -0.25) is 9.48 Å². The topological polar surface area (TPSA) is 83.8 Å². The first-order chi connectivity index (χ1) is 9.65. The maximum Gasteiger partial charge on any atom is 0.262 e. The smallest absolute Gasteiger partial charge is 0.262 e. The molecular weight excluding hydrogens is 256 g/mol. The van der Waals surface area contributed by atoms with Crippen LogP contribution in [0.5, 0.6) is 5.88 Å². The highest BCUT2D eigenvalue weighted by Crippen LogP contribution is 2.24. The van der Waals surface area contributed by atoms with E-state index >= 15 is 0 Å². The van der Waals surface area contributed by atoms with Gasteiger partial charge in [0.2, 0.25) is 5.88 Å². The molecule has 2 heterocycles. The van der Waals surface area contributed by atoms with Crippen molar-refractivity contribution >= 4 is 0 Å². The van der Waals surface area contributed by atoms with Gasteiger partial charge >= 0.3 is 0 Å². The number of aromatic amines is 1. The zero-order chi connectivity index (χ0) is 14.1. The highest BCUT2D eigenvalue weighted by Gasteiger charge is 2.14. The van der Waals surface area contributed by atoms with Gasteiger partial charge in [0.1, 0.15) is 11.4 Å². The standard InChI is InChI=1S/C14H12N4O2/c1-18-8-10(7-15-18)12-16-13(19)11(14(20)17-12)9-5-3-2-4-6-9/h2-8H,1H3,(H2,16,17,19,20). The molecule has 3 rings (SSSR count). The van der Waals surface area contributed by atoms with E-state index in [0.29, 0.717) is 17.0 Å². The molecule has 0 bridgehead atoms. The van der Waals surface area contributed by atoms with Crippen LogP contribution in [-0.4, -0.2) is 24.9 Å². The summed E-state index contributed by atoms with van der Waals surface area (Å²) in [5, 5.41) is 14.0. The minimum absolute atomic E-state index is 0.165. The van der Waals surface area contributed by atoms with Crippen molar-refractivity contribution in [2.75, 3.05) is 0 Å². The fourth-order valence-electron chi connectivity index (χ4n) is 2.01. The van der Waals surface area contributed by atoms with E-state index in [9.17, 15) is 9.90 Å². The van der Waals surface area contributed by atoms with Crippen molar-refractivity contribution in [3.05, 3.63) is 53.1 Å². The van der Waals surface area contributed by atoms with Crippen LogP contribution >= 0.6 is 0 Å². The second kappa shape index (κ2) is 4.65. The molecule has 0 saturated heterocycles. The first kappa shape index (κ1) is 12.2. The SMILES string of the molecule is Cn1cc(-c2nc(O)c(-c3ccccc3)c(=O)[nH]2)cn1. The molecular formula is C14H12N4O2. The molecule has 0 aliphatic rings. The number of benzene rings is 1. The van der Waals surface area contributed by atoms with Crippen molar-refractivity contribution in [2.45, 2.75) is 0 Å². The van der Waals surface area contributed by atoms with Crippen LogP contribution in [0, 0.1) is 0 Å². The van der Waals surface area contributed by atoms with Crippen LogP contribution in [0.15, 0.2) is 47.5 Å². The number of nitrogens with zero attached hydrogens (tertiary/aromatic N) is 3. The van der Waals surface area contributed by atoms with Gasteiger partial charge in [-0.05, 0) is 5.56 Å². The lowest BCUT2D eigenvalue weighted by Gasteiger charge is -2.04. The monoisotopic (exact) mass is 268 g/mol. The maximum absolute atomic E-state index is 12.2. The van der Waals surface area contributed by atoms with Crippen molar-refractivity contribution in [1.82, 2.24) is 19.7 Å². The van der Waals surface area contributed by atoms with Crippen LogP contribution in [0.1, 0.15) is 0 Å². The Morgan fingerprint density at radius 2 is 1.95 bits per heavy atom. The van der Waals surface area contributed by atoms with E-state index in [1.807, 2.05) is 6.07 Å². The van der Waals surface area contributed by atoms with Gasteiger partial charge in [-0.15, -0.1) is 0 Å². The second-order valence-corrected chi connectivity index (χ2v) is 4.38. The number of hydrogen-bond donors (Lipinski definition) is 2. The third-order valence-corrected chi connectivity index (χ3v) is 2.94. The van der Waals surface area contributed by atoms with E-state index in [1.165, 1.54) is 0 Å². The van der Waals surface area contributed by atoms with Gasteiger partial charge in [-0.2, -0.15) is 10.1 Å². The summed E-state index contributed by atoms with van der Waals surface area (Å²) in [7, 11) is 1.76. The minimum atomic E-state index is -0.387. The van der Waals surface area contributed by atoms with Crippen molar-refractivity contribution in [3.63, 3.8) is 0 Å². The number of H-pyrrole nitrogens is 1. The third-order valence-electron chi connectivity index (χ3n) is 2.94. The van der Waals surface area contributed by atoms with Crippen molar-refractivity contribution in [1.29, 1.82) is 0 Å². The van der Waals surface area contributed by atoms with Gasteiger partial charge < -0.3 is 10.1 Å². The molecule has 0 spiro atoms. The molecule has 0 amide bonds. The van der Waals surface area contributed by atoms with Gasteiger partial charge in [0.05, 0.1) is 11.8 Å². The third kappa shape index (κ3) is 2.07. The number of rotatable bonds is 2. The zero-order valence-corrected chi connectivity index (χ0v) is 10.7. The summed E-state index contributed by atoms with van der Waals surface area (Å²) in [6, 6.07) is 8.92. The molecule has 0 unspecified atom stereocenters. The van der Waals surface area contributed by atoms with Crippen LogP contribution in [-0.2, 0) is 7.05 Å². The van der Waals surface area contributed by atoms with Gasteiger partial charge in [0, 0.05) is 13.2 Å². The van der Waals surface area contributed by atoms with Crippen molar-refractivity contribution in [3.8, 4) is 28.4 Å². The molecule has 0 aliphatic heterocycles. The number of aromatic hydroxyl groups is 1. The Balaban J connectivity index is 2.15. The largest absolute Gasteiger partial charge is 0.493 e. The molecule has 100 valence electrons. The summed E-state index contributed by atoms with van der Waals surface area (Å²) in [5.74, 6) is -0.000848. The molecule has 0 fully saturated rings. The average molecular weight is 268 g/mol. The van der Waals surface area contributed by atoms with Crippen molar-refractivity contribution < 1.29 is 5.11 Å². The van der Waals surface area contributed by atoms with E-state index in [0.717, 1.165) is 0 Å². The predicted octanol–water partition coefficient (Wildman–Crippen LogP) is 1.54. The summed E-state index contributed by atoms with van der Waals surface area (Å²) in [6.45, 7) is 0. The Labute approximate surface area is 114 Å². The molecule has 3 aromatic rings. The molecule has 2 aromatic heterocycles. The predicted molar refractivity (Wildman–Crippen MR) is 74.2 cm³/mol. The van der Waals surface area contributed by atoms with Crippen LogP contribution in [0.25, 0.3) is 22.5 Å². The lowest BCUT2D eigenvalue weighted by atomic mass is 10.1. The Bertz CT molecular complexity index is 806. The molecule has 6 nitrogen and oxygen atoms in total. The van der Waals surface area contributed by atoms with Gasteiger partial charge in [0.25, 0.3) is 5.56 Å². The lowest BCUT2D eigenvalue weighted by Crippen LogP contribution is -2.11. The molecule has 0 saturated carbocycles. The molecule has 0 atom stereocenters. The molecule has 2 N–H and O–H groups in total. The van der Waals surface area contributed by atoms with Crippen molar-refractivity contribution in [2.24, 2.45) is 7.05 Å². The Morgan fingerprint density at radius 1 is 1.20 bits per heavy atom. The Kier molecular flexibility index (Phi) is 2.83. The number of hydrogen-bond acceptors (Lipinski definition) is 4. The van der Waals surface area contributed by atoms with E-state index in [-0.39, 0.29) is 17.0 Å². The average Bonchev–Trinajstić information content (AvgIpc) is 2.86. The number of aromatic nitrogens is 4. The number of aryl methyl sites for hydroxylation is 1. The molecule has 0 radical (unpaired) electrons.